The van der Waals surface area contributed by atoms with Crippen LogP contribution in [0.4, 0.5) is 0 Å². The number of hydrogen-bond donors (Lipinski definition) is 1. The second kappa shape index (κ2) is 3.96. The molecule has 76 valence electrons. The number of aryl methyl sites for hydroxylation is 1. The molecule has 0 fully saturated rings. The second-order valence-electron chi connectivity index (χ2n) is 3.17. The van der Waals surface area contributed by atoms with Crippen molar-refractivity contribution in [3.8, 4) is 17.4 Å². The third kappa shape index (κ3) is 2.43. The average molecular weight is 202 g/mol. The minimum atomic E-state index is 0.175. The quantitative estimate of drug-likeness (QED) is 0.811. The largest absolute Gasteiger partial charge is 0.508 e. The van der Waals surface area contributed by atoms with Gasteiger partial charge in [-0.3, -0.25) is 0 Å². The highest BCUT2D eigenvalue weighted by Gasteiger charge is 2.00. The number of aromatic hydroxyl groups is 1. The summed E-state index contributed by atoms with van der Waals surface area (Å²) < 4.78 is 5.41. The lowest BCUT2D eigenvalue weighted by atomic mass is 10.2. The van der Waals surface area contributed by atoms with Crippen LogP contribution in [0.15, 0.2) is 36.5 Å². The number of phenolic OH excluding ortho intramolecular Hbond substituents is 1. The van der Waals surface area contributed by atoms with Crippen LogP contribution in [0, 0.1) is 6.92 Å². The molecule has 4 nitrogen and oxygen atoms in total. The lowest BCUT2D eigenvalue weighted by molar-refractivity contribution is 0.440. The Morgan fingerprint density at radius 1 is 1.27 bits per heavy atom. The van der Waals surface area contributed by atoms with Crippen LogP contribution in [0.5, 0.6) is 17.4 Å². The van der Waals surface area contributed by atoms with E-state index in [9.17, 15) is 5.11 Å². The molecule has 15 heavy (non-hydrogen) atoms. The minimum Gasteiger partial charge on any atom is -0.508 e. The van der Waals surface area contributed by atoms with Crippen molar-refractivity contribution in [3.05, 3.63) is 42.1 Å². The first-order valence-electron chi connectivity index (χ1n) is 4.50. The topological polar surface area (TPSA) is 55.2 Å². The molecule has 0 saturated heterocycles. The first-order valence-corrected chi connectivity index (χ1v) is 4.50. The number of benzene rings is 1. The van der Waals surface area contributed by atoms with E-state index in [0.717, 1.165) is 5.56 Å². The molecule has 0 unspecified atom stereocenters. The summed E-state index contributed by atoms with van der Waals surface area (Å²) in [5.41, 5.74) is 0.925. The second-order valence-corrected chi connectivity index (χ2v) is 3.17. The van der Waals surface area contributed by atoms with Gasteiger partial charge in [0.25, 0.3) is 0 Å². The van der Waals surface area contributed by atoms with Gasteiger partial charge in [0.2, 0.25) is 5.88 Å². The molecule has 0 amide bonds. The van der Waals surface area contributed by atoms with Crippen LogP contribution in [-0.4, -0.2) is 15.3 Å². The summed E-state index contributed by atoms with van der Waals surface area (Å²) in [7, 11) is 0. The van der Waals surface area contributed by atoms with Gasteiger partial charge in [-0.15, -0.1) is 5.10 Å². The zero-order valence-corrected chi connectivity index (χ0v) is 8.21. The molecule has 2 rings (SSSR count). The fourth-order valence-corrected chi connectivity index (χ4v) is 1.25. The number of aromatic nitrogens is 2. The molecule has 0 atom stereocenters. The third-order valence-corrected chi connectivity index (χ3v) is 1.81. The molecule has 0 aliphatic heterocycles. The SMILES string of the molecule is Cc1cc(O)cc(Oc2cccnn2)c1. The lowest BCUT2D eigenvalue weighted by Crippen LogP contribution is -1.89. The smallest absolute Gasteiger partial charge is 0.238 e. The summed E-state index contributed by atoms with van der Waals surface area (Å²) in [5.74, 6) is 1.13. The molecule has 0 aliphatic rings. The Labute approximate surface area is 87.2 Å². The molecule has 1 N–H and O–H groups in total. The van der Waals surface area contributed by atoms with E-state index in [-0.39, 0.29) is 5.75 Å². The predicted octanol–water partition coefficient (Wildman–Crippen LogP) is 2.28. The number of ether oxygens (including phenoxy) is 1. The summed E-state index contributed by atoms with van der Waals surface area (Å²) in [5, 5.41) is 16.8. The molecule has 0 bridgehead atoms. The average Bonchev–Trinajstić information content (AvgIpc) is 2.17. The van der Waals surface area contributed by atoms with Crippen LogP contribution in [0.25, 0.3) is 0 Å². The van der Waals surface area contributed by atoms with E-state index in [1.807, 2.05) is 13.0 Å². The molecule has 0 aliphatic carbocycles. The van der Waals surface area contributed by atoms with Crippen molar-refractivity contribution in [2.75, 3.05) is 0 Å². The van der Waals surface area contributed by atoms with Gasteiger partial charge in [-0.1, -0.05) is 0 Å². The maximum absolute atomic E-state index is 9.36. The molecule has 0 radical (unpaired) electrons. The summed E-state index contributed by atoms with van der Waals surface area (Å²) in [6, 6.07) is 8.43. The van der Waals surface area contributed by atoms with E-state index in [0.29, 0.717) is 11.6 Å². The van der Waals surface area contributed by atoms with Crippen LogP contribution in [0.1, 0.15) is 5.56 Å². The number of rotatable bonds is 2. The maximum atomic E-state index is 9.36. The highest BCUT2D eigenvalue weighted by Crippen LogP contribution is 2.24. The molecule has 0 saturated carbocycles. The molecule has 2 aromatic rings. The Bertz CT molecular complexity index is 437. The van der Waals surface area contributed by atoms with Crippen molar-refractivity contribution in [2.24, 2.45) is 0 Å². The van der Waals surface area contributed by atoms with E-state index >= 15 is 0 Å². The first-order chi connectivity index (χ1) is 7.24. The van der Waals surface area contributed by atoms with Crippen LogP contribution >= 0.6 is 0 Å². The molecule has 1 aromatic carbocycles. The maximum Gasteiger partial charge on any atom is 0.238 e. The Morgan fingerprint density at radius 2 is 2.13 bits per heavy atom. The lowest BCUT2D eigenvalue weighted by Gasteiger charge is -2.04. The summed E-state index contributed by atoms with van der Waals surface area (Å²) in [6.07, 6.45) is 1.57. The van der Waals surface area contributed by atoms with Crippen LogP contribution in [0.3, 0.4) is 0 Å². The Morgan fingerprint density at radius 3 is 2.80 bits per heavy atom. The third-order valence-electron chi connectivity index (χ3n) is 1.81. The van der Waals surface area contributed by atoms with E-state index in [4.69, 9.17) is 4.74 Å². The van der Waals surface area contributed by atoms with Crippen molar-refractivity contribution in [1.82, 2.24) is 10.2 Å². The summed E-state index contributed by atoms with van der Waals surface area (Å²) in [4.78, 5) is 0. The zero-order chi connectivity index (χ0) is 10.7. The van der Waals surface area contributed by atoms with E-state index in [1.54, 1.807) is 24.4 Å². The molecule has 1 heterocycles. The Kier molecular flexibility index (Phi) is 2.49. The monoisotopic (exact) mass is 202 g/mol. The number of hydrogen-bond acceptors (Lipinski definition) is 4. The van der Waals surface area contributed by atoms with Crippen LogP contribution in [0.2, 0.25) is 0 Å². The van der Waals surface area contributed by atoms with Crippen LogP contribution < -0.4 is 4.74 Å². The van der Waals surface area contributed by atoms with Crippen molar-refractivity contribution in [3.63, 3.8) is 0 Å². The Hall–Kier alpha value is -2.10. The van der Waals surface area contributed by atoms with E-state index in [1.165, 1.54) is 6.07 Å². The van der Waals surface area contributed by atoms with Crippen molar-refractivity contribution >= 4 is 0 Å². The number of nitrogens with zero attached hydrogens (tertiary/aromatic N) is 2. The highest BCUT2D eigenvalue weighted by molar-refractivity contribution is 5.38. The summed E-state index contributed by atoms with van der Waals surface area (Å²) >= 11 is 0. The van der Waals surface area contributed by atoms with E-state index < -0.39 is 0 Å². The van der Waals surface area contributed by atoms with Gasteiger partial charge in [0.1, 0.15) is 11.5 Å². The standard InChI is InChI=1S/C11H10N2O2/c1-8-5-9(14)7-10(6-8)15-11-3-2-4-12-13-11/h2-7,14H,1H3. The zero-order valence-electron chi connectivity index (χ0n) is 8.21. The van der Waals surface area contributed by atoms with Gasteiger partial charge >= 0.3 is 0 Å². The Balaban J connectivity index is 2.25. The van der Waals surface area contributed by atoms with Gasteiger partial charge in [-0.05, 0) is 30.7 Å². The van der Waals surface area contributed by atoms with Crippen molar-refractivity contribution in [1.29, 1.82) is 0 Å². The van der Waals surface area contributed by atoms with Gasteiger partial charge in [-0.25, -0.2) is 0 Å². The molecule has 0 spiro atoms. The van der Waals surface area contributed by atoms with Gasteiger partial charge in [-0.2, -0.15) is 5.10 Å². The fraction of sp³-hybridized carbons (Fsp3) is 0.0909. The van der Waals surface area contributed by atoms with Crippen molar-refractivity contribution < 1.29 is 9.84 Å². The van der Waals surface area contributed by atoms with Crippen molar-refractivity contribution in [2.45, 2.75) is 6.92 Å². The van der Waals surface area contributed by atoms with E-state index in [2.05, 4.69) is 10.2 Å². The molecule has 1 aromatic heterocycles. The molecular formula is C11H10N2O2. The minimum absolute atomic E-state index is 0.175. The van der Waals surface area contributed by atoms with Gasteiger partial charge in [0, 0.05) is 18.3 Å². The first kappa shape index (κ1) is 9.45. The van der Waals surface area contributed by atoms with Gasteiger partial charge in [0.15, 0.2) is 0 Å². The van der Waals surface area contributed by atoms with Gasteiger partial charge in [0.05, 0.1) is 0 Å². The molecule has 4 heteroatoms. The highest BCUT2D eigenvalue weighted by atomic mass is 16.5. The summed E-state index contributed by atoms with van der Waals surface area (Å²) in [6.45, 7) is 1.88. The molecular weight excluding hydrogens is 192 g/mol. The fourth-order valence-electron chi connectivity index (χ4n) is 1.25. The van der Waals surface area contributed by atoms with Gasteiger partial charge < -0.3 is 9.84 Å². The van der Waals surface area contributed by atoms with Crippen LogP contribution in [-0.2, 0) is 0 Å². The normalized spacial score (nSPS) is 9.93. The number of phenols is 1. The predicted molar refractivity (Wildman–Crippen MR) is 54.9 cm³/mol.